The average molecular weight is 512 g/mol. The quantitative estimate of drug-likeness (QED) is 0.297. The summed E-state index contributed by atoms with van der Waals surface area (Å²) >= 11 is 3.43. The van der Waals surface area contributed by atoms with E-state index in [0.29, 0.717) is 27.1 Å². The van der Waals surface area contributed by atoms with Gasteiger partial charge in [-0.15, -0.1) is 0 Å². The van der Waals surface area contributed by atoms with E-state index in [9.17, 15) is 9.59 Å². The highest BCUT2D eigenvalue weighted by Gasteiger charge is 2.17. The second-order valence-corrected chi connectivity index (χ2v) is 8.65. The number of pyridine rings is 2. The van der Waals surface area contributed by atoms with E-state index in [1.54, 1.807) is 24.4 Å². The molecule has 166 valence electrons. The summed E-state index contributed by atoms with van der Waals surface area (Å²) in [6, 6.07) is 24.4. The number of carboxylic acids is 1. The zero-order valence-electron chi connectivity index (χ0n) is 17.8. The fourth-order valence-electron chi connectivity index (χ4n) is 3.94. The van der Waals surface area contributed by atoms with E-state index in [0.717, 1.165) is 21.5 Å². The first-order valence-electron chi connectivity index (χ1n) is 10.5. The Morgan fingerprint density at radius 1 is 0.882 bits per heavy atom. The Morgan fingerprint density at radius 2 is 1.62 bits per heavy atom. The molecule has 0 aliphatic carbocycles. The van der Waals surface area contributed by atoms with Gasteiger partial charge in [0.15, 0.2) is 0 Å². The van der Waals surface area contributed by atoms with E-state index in [1.807, 2.05) is 60.7 Å². The molecule has 0 saturated carbocycles. The third kappa shape index (κ3) is 4.25. The van der Waals surface area contributed by atoms with Crippen LogP contribution in [0.2, 0.25) is 0 Å². The maximum atomic E-state index is 13.4. The number of amides is 1. The Bertz CT molecular complexity index is 1580. The van der Waals surface area contributed by atoms with Gasteiger partial charge in [0.2, 0.25) is 0 Å². The predicted octanol–water partition coefficient (Wildman–Crippen LogP) is 6.09. The second kappa shape index (κ2) is 9.03. The minimum Gasteiger partial charge on any atom is -0.481 e. The monoisotopic (exact) mass is 511 g/mol. The highest BCUT2D eigenvalue weighted by molar-refractivity contribution is 9.10. The van der Waals surface area contributed by atoms with E-state index in [-0.39, 0.29) is 18.0 Å². The third-order valence-electron chi connectivity index (χ3n) is 5.51. The molecule has 0 unspecified atom stereocenters. The van der Waals surface area contributed by atoms with Crippen LogP contribution in [0, 0.1) is 0 Å². The maximum Gasteiger partial charge on any atom is 0.307 e. The second-order valence-electron chi connectivity index (χ2n) is 7.80. The molecule has 0 saturated heterocycles. The predicted molar refractivity (Wildman–Crippen MR) is 136 cm³/mol. The molecular formula is C27H18BrN3O3. The number of benzene rings is 3. The van der Waals surface area contributed by atoms with Crippen molar-refractivity contribution in [2.45, 2.75) is 6.42 Å². The Kier molecular flexibility index (Phi) is 5.77. The standard InChI is InChI=1S/C27H18BrN3O3/c28-21-13-16(14-24(32)33)9-10-22(21)31-27(34)26-20-8-4-2-6-18(20)15-23(30-26)25-19-7-3-1-5-17(19)11-12-29-25/h1-13,15H,14H2,(H,31,34)(H,32,33). The number of rotatable bonds is 5. The SMILES string of the molecule is O=C(O)Cc1ccc(NC(=O)c2nc(-c3nccc4ccccc34)cc3ccccc23)c(Br)c1. The lowest BCUT2D eigenvalue weighted by atomic mass is 10.0. The van der Waals surface area contributed by atoms with Crippen LogP contribution in [0.1, 0.15) is 16.1 Å². The molecule has 34 heavy (non-hydrogen) atoms. The fraction of sp³-hybridized carbons (Fsp3) is 0.0370. The molecule has 0 spiro atoms. The molecule has 5 aromatic rings. The van der Waals surface area contributed by atoms with Gasteiger partial charge in [0.25, 0.3) is 5.91 Å². The van der Waals surface area contributed by atoms with Gasteiger partial charge < -0.3 is 10.4 Å². The van der Waals surface area contributed by atoms with Crippen LogP contribution in [0.3, 0.4) is 0 Å². The van der Waals surface area contributed by atoms with Crippen molar-refractivity contribution < 1.29 is 14.7 Å². The molecule has 0 bridgehead atoms. The van der Waals surface area contributed by atoms with E-state index in [1.165, 1.54) is 0 Å². The van der Waals surface area contributed by atoms with Crippen molar-refractivity contribution in [1.82, 2.24) is 9.97 Å². The topological polar surface area (TPSA) is 92.2 Å². The summed E-state index contributed by atoms with van der Waals surface area (Å²) in [6.45, 7) is 0. The normalized spacial score (nSPS) is 11.0. The number of anilines is 1. The van der Waals surface area contributed by atoms with Crippen LogP contribution in [0.15, 0.2) is 89.5 Å². The number of carbonyl (C=O) groups is 2. The number of nitrogens with zero attached hydrogens (tertiary/aromatic N) is 2. The van der Waals surface area contributed by atoms with Crippen LogP contribution in [0.4, 0.5) is 5.69 Å². The van der Waals surface area contributed by atoms with Crippen LogP contribution in [0.25, 0.3) is 32.9 Å². The van der Waals surface area contributed by atoms with Gasteiger partial charge in [0, 0.05) is 21.4 Å². The summed E-state index contributed by atoms with van der Waals surface area (Å²) in [5.74, 6) is -1.29. The minimum absolute atomic E-state index is 0.0981. The molecule has 0 radical (unpaired) electrons. The molecule has 1 amide bonds. The molecule has 0 fully saturated rings. The van der Waals surface area contributed by atoms with Crippen molar-refractivity contribution in [2.24, 2.45) is 0 Å². The van der Waals surface area contributed by atoms with Crippen LogP contribution < -0.4 is 5.32 Å². The van der Waals surface area contributed by atoms with Crippen molar-refractivity contribution in [1.29, 1.82) is 0 Å². The molecule has 2 aromatic heterocycles. The number of nitrogens with one attached hydrogen (secondary N) is 1. The summed E-state index contributed by atoms with van der Waals surface area (Å²) in [4.78, 5) is 33.7. The van der Waals surface area contributed by atoms with E-state index in [2.05, 4.69) is 26.2 Å². The highest BCUT2D eigenvalue weighted by atomic mass is 79.9. The molecular weight excluding hydrogens is 494 g/mol. The van der Waals surface area contributed by atoms with Gasteiger partial charge >= 0.3 is 5.97 Å². The lowest BCUT2D eigenvalue weighted by molar-refractivity contribution is -0.136. The molecule has 6 nitrogen and oxygen atoms in total. The minimum atomic E-state index is -0.918. The van der Waals surface area contributed by atoms with Crippen LogP contribution in [-0.2, 0) is 11.2 Å². The summed E-state index contributed by atoms with van der Waals surface area (Å²) in [7, 11) is 0. The Morgan fingerprint density at radius 3 is 2.38 bits per heavy atom. The third-order valence-corrected chi connectivity index (χ3v) is 6.16. The van der Waals surface area contributed by atoms with Gasteiger partial charge in [0.1, 0.15) is 5.69 Å². The number of fused-ring (bicyclic) bond motifs is 2. The molecule has 2 heterocycles. The van der Waals surface area contributed by atoms with Gasteiger partial charge in [-0.05, 0) is 56.5 Å². The molecule has 5 rings (SSSR count). The van der Waals surface area contributed by atoms with Crippen LogP contribution in [-0.4, -0.2) is 27.0 Å². The van der Waals surface area contributed by atoms with Crippen molar-refractivity contribution in [3.05, 3.63) is 101 Å². The molecule has 0 aliphatic heterocycles. The first-order valence-corrected chi connectivity index (χ1v) is 11.3. The Balaban J connectivity index is 1.58. The smallest absolute Gasteiger partial charge is 0.307 e. The van der Waals surface area contributed by atoms with E-state index >= 15 is 0 Å². The van der Waals surface area contributed by atoms with Crippen molar-refractivity contribution in [2.75, 3.05) is 5.32 Å². The average Bonchev–Trinajstić information content (AvgIpc) is 2.84. The molecule has 0 atom stereocenters. The summed E-state index contributed by atoms with van der Waals surface area (Å²) < 4.78 is 0.593. The first kappa shape index (κ1) is 21.7. The fourth-order valence-corrected chi connectivity index (χ4v) is 4.47. The number of carboxylic acid groups (broad SMARTS) is 1. The number of halogens is 1. The lowest BCUT2D eigenvalue weighted by Crippen LogP contribution is -2.15. The zero-order chi connectivity index (χ0) is 23.7. The molecule has 3 aromatic carbocycles. The molecule has 2 N–H and O–H groups in total. The zero-order valence-corrected chi connectivity index (χ0v) is 19.4. The van der Waals surface area contributed by atoms with Crippen molar-refractivity contribution in [3.63, 3.8) is 0 Å². The molecule has 7 heteroatoms. The first-order chi connectivity index (χ1) is 16.5. The number of hydrogen-bond donors (Lipinski definition) is 2. The van der Waals surface area contributed by atoms with Crippen LogP contribution in [0.5, 0.6) is 0 Å². The maximum absolute atomic E-state index is 13.4. The van der Waals surface area contributed by atoms with E-state index in [4.69, 9.17) is 10.1 Å². The number of aliphatic carboxylic acids is 1. The van der Waals surface area contributed by atoms with Gasteiger partial charge in [-0.25, -0.2) is 4.98 Å². The van der Waals surface area contributed by atoms with Crippen LogP contribution >= 0.6 is 15.9 Å². The number of aromatic nitrogens is 2. The Labute approximate surface area is 203 Å². The van der Waals surface area contributed by atoms with Gasteiger partial charge in [-0.2, -0.15) is 0 Å². The Hall–Kier alpha value is -4.10. The lowest BCUT2D eigenvalue weighted by Gasteiger charge is -2.12. The van der Waals surface area contributed by atoms with Crippen molar-refractivity contribution in [3.8, 4) is 11.4 Å². The number of hydrogen-bond acceptors (Lipinski definition) is 4. The van der Waals surface area contributed by atoms with Gasteiger partial charge in [-0.3, -0.25) is 14.6 Å². The summed E-state index contributed by atoms with van der Waals surface area (Å²) in [5.41, 5.74) is 2.75. The summed E-state index contributed by atoms with van der Waals surface area (Å²) in [6.07, 6.45) is 1.64. The highest BCUT2D eigenvalue weighted by Crippen LogP contribution is 2.30. The van der Waals surface area contributed by atoms with Gasteiger partial charge in [0.05, 0.1) is 23.5 Å². The molecule has 0 aliphatic rings. The summed E-state index contributed by atoms with van der Waals surface area (Å²) in [5, 5.41) is 15.5. The number of carbonyl (C=O) groups excluding carboxylic acids is 1. The van der Waals surface area contributed by atoms with E-state index < -0.39 is 5.97 Å². The van der Waals surface area contributed by atoms with Gasteiger partial charge in [-0.1, -0.05) is 54.6 Å². The van der Waals surface area contributed by atoms with Crippen molar-refractivity contribution >= 4 is 55.0 Å². The largest absolute Gasteiger partial charge is 0.481 e.